The van der Waals surface area contributed by atoms with Crippen LogP contribution in [0, 0.1) is 0 Å². The van der Waals surface area contributed by atoms with Gasteiger partial charge >= 0.3 is 0 Å². The smallest absolute Gasteiger partial charge is 0.0713 e. The summed E-state index contributed by atoms with van der Waals surface area (Å²) in [7, 11) is 1.96. The van der Waals surface area contributed by atoms with E-state index in [4.69, 9.17) is 4.74 Å². The normalized spacial score (nSPS) is 28.1. The van der Waals surface area contributed by atoms with Crippen LogP contribution in [0.3, 0.4) is 0 Å². The van der Waals surface area contributed by atoms with E-state index >= 15 is 0 Å². The van der Waals surface area contributed by atoms with Gasteiger partial charge < -0.3 is 14.7 Å². The van der Waals surface area contributed by atoms with Crippen molar-refractivity contribution in [3.8, 4) is 0 Å². The molecule has 1 aromatic heterocycles. The van der Waals surface area contributed by atoms with Gasteiger partial charge in [-0.1, -0.05) is 0 Å². The maximum atomic E-state index is 9.47. The zero-order valence-corrected chi connectivity index (χ0v) is 12.5. The van der Waals surface area contributed by atoms with Crippen LogP contribution in [-0.4, -0.2) is 57.7 Å². The van der Waals surface area contributed by atoms with Crippen LogP contribution >= 0.6 is 0 Å². The minimum atomic E-state index is -0.239. The number of nitrogens with zero attached hydrogens (tertiary/aromatic N) is 3. The van der Waals surface area contributed by atoms with Crippen molar-refractivity contribution in [2.45, 2.75) is 43.8 Å². The van der Waals surface area contributed by atoms with Gasteiger partial charge in [0.25, 0.3) is 0 Å². The molecule has 0 radical (unpaired) electrons. The first-order chi connectivity index (χ1) is 9.56. The van der Waals surface area contributed by atoms with E-state index in [9.17, 15) is 5.11 Å². The topological polar surface area (TPSA) is 50.5 Å². The standard InChI is InChI=1S/C15H25N3O2/c1-12(19)9-18-5-3-15(4-6-18)7-13(11-20-15)14-8-16-17(2)10-14/h8,10,12-13,19H,3-7,9,11H2,1-2H3/t12-,13-/m1/s1. The predicted octanol–water partition coefficient (Wildman–Crippen LogP) is 1.14. The molecule has 1 N–H and O–H groups in total. The molecule has 0 bridgehead atoms. The van der Waals surface area contributed by atoms with E-state index in [0.717, 1.165) is 45.5 Å². The molecule has 2 atom stereocenters. The molecule has 2 saturated heterocycles. The average Bonchev–Trinajstić information content (AvgIpc) is 2.99. The number of rotatable bonds is 3. The van der Waals surface area contributed by atoms with E-state index in [2.05, 4.69) is 16.2 Å². The lowest BCUT2D eigenvalue weighted by Crippen LogP contribution is -2.46. The first-order valence-corrected chi connectivity index (χ1v) is 7.59. The van der Waals surface area contributed by atoms with Crippen molar-refractivity contribution in [1.29, 1.82) is 0 Å². The van der Waals surface area contributed by atoms with Gasteiger partial charge in [-0.2, -0.15) is 5.10 Å². The quantitative estimate of drug-likeness (QED) is 0.901. The lowest BCUT2D eigenvalue weighted by Gasteiger charge is -2.39. The largest absolute Gasteiger partial charge is 0.392 e. The third kappa shape index (κ3) is 2.90. The molecule has 3 rings (SSSR count). The molecule has 2 aliphatic heterocycles. The number of aromatic nitrogens is 2. The fraction of sp³-hybridized carbons (Fsp3) is 0.800. The van der Waals surface area contributed by atoms with Crippen LogP contribution in [0.15, 0.2) is 12.4 Å². The number of ether oxygens (including phenoxy) is 1. The molecule has 0 amide bonds. The van der Waals surface area contributed by atoms with Gasteiger partial charge in [-0.25, -0.2) is 0 Å². The average molecular weight is 279 g/mol. The van der Waals surface area contributed by atoms with Crippen LogP contribution in [0.1, 0.15) is 37.7 Å². The number of piperidine rings is 1. The van der Waals surface area contributed by atoms with Gasteiger partial charge in [-0.15, -0.1) is 0 Å². The molecule has 112 valence electrons. The Labute approximate surface area is 120 Å². The van der Waals surface area contributed by atoms with Crippen molar-refractivity contribution in [3.63, 3.8) is 0 Å². The van der Waals surface area contributed by atoms with Crippen molar-refractivity contribution in [2.75, 3.05) is 26.2 Å². The number of aliphatic hydroxyl groups excluding tert-OH is 1. The predicted molar refractivity (Wildman–Crippen MR) is 76.6 cm³/mol. The van der Waals surface area contributed by atoms with Crippen molar-refractivity contribution >= 4 is 0 Å². The zero-order valence-electron chi connectivity index (χ0n) is 12.5. The summed E-state index contributed by atoms with van der Waals surface area (Å²) in [6, 6.07) is 0. The highest BCUT2D eigenvalue weighted by Gasteiger charge is 2.43. The van der Waals surface area contributed by atoms with Crippen LogP contribution in [0.4, 0.5) is 0 Å². The van der Waals surface area contributed by atoms with E-state index in [1.165, 1.54) is 5.56 Å². The van der Waals surface area contributed by atoms with E-state index in [1.54, 1.807) is 0 Å². The minimum absolute atomic E-state index is 0.0652. The summed E-state index contributed by atoms with van der Waals surface area (Å²) < 4.78 is 8.05. The lowest BCUT2D eigenvalue weighted by atomic mass is 9.84. The Balaban J connectivity index is 1.57. The molecule has 20 heavy (non-hydrogen) atoms. The summed E-state index contributed by atoms with van der Waals surface area (Å²) >= 11 is 0. The molecule has 0 aliphatic carbocycles. The summed E-state index contributed by atoms with van der Waals surface area (Å²) in [5.41, 5.74) is 1.37. The molecule has 0 unspecified atom stereocenters. The third-order valence-corrected chi connectivity index (χ3v) is 4.70. The highest BCUT2D eigenvalue weighted by molar-refractivity contribution is 5.15. The Hall–Kier alpha value is -0.910. The molecule has 0 saturated carbocycles. The molecule has 5 nitrogen and oxygen atoms in total. The molecule has 2 aliphatic rings. The van der Waals surface area contributed by atoms with Gasteiger partial charge in [0, 0.05) is 38.8 Å². The number of hydrogen-bond donors (Lipinski definition) is 1. The molecule has 0 aromatic carbocycles. The first kappa shape index (κ1) is 14.0. The van der Waals surface area contributed by atoms with Crippen LogP contribution in [0.2, 0.25) is 0 Å². The number of aliphatic hydroxyl groups is 1. The second-order valence-corrected chi connectivity index (χ2v) is 6.49. The van der Waals surface area contributed by atoms with Crippen molar-refractivity contribution in [3.05, 3.63) is 18.0 Å². The first-order valence-electron chi connectivity index (χ1n) is 7.59. The molecular weight excluding hydrogens is 254 g/mol. The number of likely N-dealkylation sites (tertiary alicyclic amines) is 1. The molecule has 1 aromatic rings. The van der Waals surface area contributed by atoms with Gasteiger partial charge in [0.15, 0.2) is 0 Å². The van der Waals surface area contributed by atoms with E-state index in [-0.39, 0.29) is 11.7 Å². The summed E-state index contributed by atoms with van der Waals surface area (Å²) in [4.78, 5) is 2.34. The fourth-order valence-corrected chi connectivity index (χ4v) is 3.57. The Morgan fingerprint density at radius 1 is 1.50 bits per heavy atom. The Bertz CT molecular complexity index is 450. The molecule has 1 spiro atoms. The second-order valence-electron chi connectivity index (χ2n) is 6.49. The third-order valence-electron chi connectivity index (χ3n) is 4.70. The SMILES string of the molecule is C[C@@H](O)CN1CCC2(CC1)C[C@@H](c1cnn(C)c1)CO2. The van der Waals surface area contributed by atoms with Crippen LogP contribution in [0.25, 0.3) is 0 Å². The zero-order chi connectivity index (χ0) is 14.2. The summed E-state index contributed by atoms with van der Waals surface area (Å²) in [6.07, 6.45) is 7.11. The van der Waals surface area contributed by atoms with Crippen LogP contribution in [0.5, 0.6) is 0 Å². The summed E-state index contributed by atoms with van der Waals surface area (Å²) in [5, 5.41) is 13.7. The lowest BCUT2D eigenvalue weighted by molar-refractivity contribution is -0.0485. The monoisotopic (exact) mass is 279 g/mol. The van der Waals surface area contributed by atoms with Crippen molar-refractivity contribution in [2.24, 2.45) is 7.05 Å². The number of β-amino-alcohol motifs (C(OH)–C–C–N with tert-alkyl or cyclic N) is 1. The van der Waals surface area contributed by atoms with Crippen LogP contribution in [-0.2, 0) is 11.8 Å². The Morgan fingerprint density at radius 3 is 2.85 bits per heavy atom. The van der Waals surface area contributed by atoms with Gasteiger partial charge in [0.2, 0.25) is 0 Å². The van der Waals surface area contributed by atoms with Crippen molar-refractivity contribution in [1.82, 2.24) is 14.7 Å². The molecule has 2 fully saturated rings. The van der Waals surface area contributed by atoms with Gasteiger partial charge in [0.05, 0.1) is 24.5 Å². The number of hydrogen-bond acceptors (Lipinski definition) is 4. The molecular formula is C15H25N3O2. The number of aryl methyl sites for hydroxylation is 1. The highest BCUT2D eigenvalue weighted by atomic mass is 16.5. The van der Waals surface area contributed by atoms with E-state index in [1.807, 2.05) is 24.9 Å². The Morgan fingerprint density at radius 2 is 2.25 bits per heavy atom. The molecule has 5 heteroatoms. The van der Waals surface area contributed by atoms with E-state index in [0.29, 0.717) is 5.92 Å². The van der Waals surface area contributed by atoms with Gasteiger partial charge in [-0.3, -0.25) is 4.68 Å². The maximum Gasteiger partial charge on any atom is 0.0713 e. The van der Waals surface area contributed by atoms with Crippen molar-refractivity contribution < 1.29 is 9.84 Å². The van der Waals surface area contributed by atoms with Gasteiger partial charge in [-0.05, 0) is 31.7 Å². The molecule has 3 heterocycles. The summed E-state index contributed by atoms with van der Waals surface area (Å²) in [5.74, 6) is 0.493. The highest BCUT2D eigenvalue weighted by Crippen LogP contribution is 2.42. The fourth-order valence-electron chi connectivity index (χ4n) is 3.57. The minimum Gasteiger partial charge on any atom is -0.392 e. The van der Waals surface area contributed by atoms with Gasteiger partial charge in [0.1, 0.15) is 0 Å². The Kier molecular flexibility index (Phi) is 3.84. The summed E-state index contributed by atoms with van der Waals surface area (Å²) in [6.45, 7) is 5.52. The van der Waals surface area contributed by atoms with Crippen LogP contribution < -0.4 is 0 Å². The second kappa shape index (κ2) is 5.47. The maximum absolute atomic E-state index is 9.47. The van der Waals surface area contributed by atoms with E-state index < -0.39 is 0 Å².